The van der Waals surface area contributed by atoms with Crippen LogP contribution in [0.1, 0.15) is 78.6 Å². The van der Waals surface area contributed by atoms with Gasteiger partial charge in [0, 0.05) is 65.7 Å². The van der Waals surface area contributed by atoms with Gasteiger partial charge in [-0.3, -0.25) is 9.59 Å². The van der Waals surface area contributed by atoms with Crippen LogP contribution in [0.3, 0.4) is 0 Å². The van der Waals surface area contributed by atoms with Crippen LogP contribution in [0.5, 0.6) is 5.75 Å². The Hall–Kier alpha value is -3.67. The first-order chi connectivity index (χ1) is 25.8. The lowest BCUT2D eigenvalue weighted by Gasteiger charge is -2.24. The zero-order valence-corrected chi connectivity index (χ0v) is 24.3. The van der Waals surface area contributed by atoms with Gasteiger partial charge in [0.1, 0.15) is 5.75 Å². The molecular formula is C32H38N4O6S. The van der Waals surface area contributed by atoms with Crippen LogP contribution in [-0.4, -0.2) is 81.3 Å². The highest BCUT2D eigenvalue weighted by Crippen LogP contribution is 2.47. The first kappa shape index (κ1) is 17.0. The number of amides is 2. The van der Waals surface area contributed by atoms with E-state index in [1.54, 1.807) is 16.9 Å². The van der Waals surface area contributed by atoms with Crippen molar-refractivity contribution >= 4 is 39.0 Å². The topological polar surface area (TPSA) is 110 Å². The Morgan fingerprint density at radius 1 is 1.02 bits per heavy atom. The number of ether oxygens (including phenoxy) is 2. The summed E-state index contributed by atoms with van der Waals surface area (Å²) in [5, 5.41) is 0.284. The van der Waals surface area contributed by atoms with Crippen LogP contribution in [0.25, 0.3) is 28.2 Å². The van der Waals surface area contributed by atoms with Crippen molar-refractivity contribution in [2.24, 2.45) is 0 Å². The Morgan fingerprint density at radius 3 is 2.56 bits per heavy atom. The molecule has 2 amide bonds. The molecule has 1 aliphatic carbocycles. The molecule has 2 aliphatic heterocycles. The monoisotopic (exact) mass is 620 g/mol. The van der Waals surface area contributed by atoms with Crippen molar-refractivity contribution in [3.8, 4) is 17.0 Å². The highest BCUT2D eigenvalue weighted by atomic mass is 32.2. The van der Waals surface area contributed by atoms with Gasteiger partial charge < -0.3 is 18.9 Å². The largest absolute Gasteiger partial charge is 0.497 e. The van der Waals surface area contributed by atoms with Crippen LogP contribution in [0.2, 0.25) is 0 Å². The van der Waals surface area contributed by atoms with E-state index in [0.717, 1.165) is 7.05 Å². The summed E-state index contributed by atoms with van der Waals surface area (Å²) in [6.45, 7) is -15.7. The SMILES string of the molecule is [2H]C1([2H])CC(c2c3n4c5cc(ccc25)C(=O)NS(=O)(=O)N(C)C([2H])([2H])C([2H])([2H])OC([2H])([2H])C([2H])([2H])N(C)C(=O)C(=Cc2cc(OC)ccc2-3)C4)CC([2H])([2H])C1([2H])[2H]. The molecule has 43 heavy (non-hydrogen) atoms. The normalized spacial score (nSPS) is 33.5. The number of nitrogens with one attached hydrogen (secondary N) is 1. The lowest BCUT2D eigenvalue weighted by molar-refractivity contribution is -0.126. The Balaban J connectivity index is 1.70. The van der Waals surface area contributed by atoms with Gasteiger partial charge in [0.25, 0.3) is 11.8 Å². The molecule has 10 nitrogen and oxygen atoms in total. The highest BCUT2D eigenvalue weighted by molar-refractivity contribution is 7.87. The molecule has 2 aromatic carbocycles. The minimum Gasteiger partial charge on any atom is -0.497 e. The Bertz CT molecular complexity index is 2330. The number of methoxy groups -OCH3 is 1. The lowest BCUT2D eigenvalue weighted by atomic mass is 9.81. The molecule has 3 aliphatic rings. The minimum absolute atomic E-state index is 0.121. The van der Waals surface area contributed by atoms with Gasteiger partial charge >= 0.3 is 10.2 Å². The van der Waals surface area contributed by atoms with Gasteiger partial charge in [-0.15, -0.1) is 0 Å². The number of benzene rings is 2. The molecule has 3 aromatic rings. The van der Waals surface area contributed by atoms with E-state index in [0.29, 0.717) is 23.9 Å². The van der Waals surface area contributed by atoms with E-state index in [1.165, 1.54) is 42.0 Å². The number of aromatic nitrogens is 1. The molecule has 6 rings (SSSR count). The standard InChI is InChI=1S/C32H38N4O6S/c1-34-13-15-42-16-14-35(2)43(39,40)33-31(37)22-9-11-27-28(19-22)36-20-24(32(34)38)17-23-18-25(41-3)10-12-26(23)30(36)29(27)21-7-5-4-6-8-21/h9-12,17-19,21H,4-8,13-16,20H2,1-3H3,(H,33,37)/i4D2,5D2,6D2,13D2,14D2,15D2,16D2. The van der Waals surface area contributed by atoms with E-state index in [2.05, 4.69) is 0 Å². The number of hydrogen-bond acceptors (Lipinski definition) is 6. The van der Waals surface area contributed by atoms with Crippen LogP contribution in [0, 0.1) is 0 Å². The fraction of sp³-hybridized carbons (Fsp3) is 0.438. The summed E-state index contributed by atoms with van der Waals surface area (Å²) in [7, 11) is -2.54. The maximum atomic E-state index is 14.4. The number of hydrogen-bond donors (Lipinski definition) is 1. The third kappa shape index (κ3) is 5.57. The van der Waals surface area contributed by atoms with Crippen LogP contribution >= 0.6 is 0 Å². The smallest absolute Gasteiger partial charge is 0.303 e. The van der Waals surface area contributed by atoms with Crippen LogP contribution in [-0.2, 0) is 26.3 Å². The number of fused-ring (bicyclic) bond motifs is 4. The highest BCUT2D eigenvalue weighted by Gasteiger charge is 2.31. The first-order valence-corrected chi connectivity index (χ1v) is 14.6. The summed E-state index contributed by atoms with van der Waals surface area (Å²) in [4.78, 5) is 28.4. The second-order valence-electron chi connectivity index (χ2n) is 10.1. The average molecular weight is 621 g/mol. The fourth-order valence-corrected chi connectivity index (χ4v) is 6.03. The Labute approximate surface area is 272 Å². The van der Waals surface area contributed by atoms with Gasteiger partial charge in [-0.2, -0.15) is 12.7 Å². The molecule has 11 heteroatoms. The third-order valence-corrected chi connectivity index (χ3v) is 8.76. The van der Waals surface area contributed by atoms with Crippen molar-refractivity contribution in [1.29, 1.82) is 0 Å². The molecule has 0 saturated heterocycles. The molecule has 4 bridgehead atoms. The van der Waals surface area contributed by atoms with Gasteiger partial charge in [-0.1, -0.05) is 25.2 Å². The number of rotatable bonds is 2. The van der Waals surface area contributed by atoms with E-state index >= 15 is 0 Å². The summed E-state index contributed by atoms with van der Waals surface area (Å²) < 4.78 is 159. The third-order valence-electron chi connectivity index (χ3n) is 7.50. The van der Waals surface area contributed by atoms with Crippen LogP contribution in [0.15, 0.2) is 42.0 Å². The maximum absolute atomic E-state index is 14.4. The molecule has 1 saturated carbocycles. The maximum Gasteiger partial charge on any atom is 0.303 e. The molecular weight excluding hydrogens is 568 g/mol. The van der Waals surface area contributed by atoms with E-state index in [-0.39, 0.29) is 42.5 Å². The van der Waals surface area contributed by atoms with Crippen LogP contribution < -0.4 is 9.46 Å². The number of carbonyl (C=O) groups excluding carboxylic acids is 2. The summed E-state index contributed by atoms with van der Waals surface area (Å²) in [6, 6.07) is 8.51. The van der Waals surface area contributed by atoms with Crippen molar-refractivity contribution in [2.45, 2.75) is 44.4 Å². The van der Waals surface area contributed by atoms with Crippen molar-refractivity contribution in [3.05, 3.63) is 58.7 Å². The zero-order valence-electron chi connectivity index (χ0n) is 37.4. The predicted octanol–water partition coefficient (Wildman–Crippen LogP) is 4.16. The number of carbonyl (C=O) groups is 2. The molecule has 0 atom stereocenters. The molecule has 228 valence electrons. The second kappa shape index (κ2) is 11.8. The minimum atomic E-state index is -5.32. The first-order valence-electron chi connectivity index (χ1n) is 20.2. The fourth-order valence-electron chi connectivity index (χ4n) is 5.38. The zero-order chi connectivity index (χ0) is 42.9. The molecule has 1 aromatic heterocycles. The Kier molecular flexibility index (Phi) is 4.65. The number of likely N-dealkylation sites (N-methyl/N-ethyl adjacent to an activating group) is 2. The molecule has 0 spiro atoms. The molecule has 1 N–H and O–H groups in total. The van der Waals surface area contributed by atoms with E-state index in [4.69, 9.17) is 28.7 Å². The van der Waals surface area contributed by atoms with Crippen molar-refractivity contribution < 1.29 is 46.7 Å². The van der Waals surface area contributed by atoms with Gasteiger partial charge in [0.2, 0.25) is 0 Å². The molecule has 0 unspecified atom stereocenters. The average Bonchev–Trinajstić information content (AvgIpc) is 3.30. The van der Waals surface area contributed by atoms with Crippen molar-refractivity contribution in [2.75, 3.05) is 47.3 Å². The van der Waals surface area contributed by atoms with E-state index in [9.17, 15) is 18.0 Å². The van der Waals surface area contributed by atoms with Crippen molar-refractivity contribution in [1.82, 2.24) is 18.5 Å². The van der Waals surface area contributed by atoms with E-state index < -0.39 is 92.6 Å². The quantitative estimate of drug-likeness (QED) is 0.461. The van der Waals surface area contributed by atoms with Gasteiger partial charge in [0.15, 0.2) is 0 Å². The van der Waals surface area contributed by atoms with Gasteiger partial charge in [-0.25, -0.2) is 4.72 Å². The summed E-state index contributed by atoms with van der Waals surface area (Å²) in [5.41, 5.74) is 0.770. The second-order valence-corrected chi connectivity index (χ2v) is 11.8. The summed E-state index contributed by atoms with van der Waals surface area (Å²) in [6.07, 6.45) is -7.96. The van der Waals surface area contributed by atoms with Gasteiger partial charge in [0.05, 0.1) is 40.7 Å². The predicted molar refractivity (Wildman–Crippen MR) is 165 cm³/mol. The summed E-state index contributed by atoms with van der Waals surface area (Å²) in [5.74, 6) is -3.24. The Morgan fingerprint density at radius 2 is 1.79 bits per heavy atom. The molecule has 3 heterocycles. The van der Waals surface area contributed by atoms with Crippen LogP contribution in [0.4, 0.5) is 0 Å². The van der Waals surface area contributed by atoms with E-state index in [1.807, 2.05) is 0 Å². The molecule has 1 fully saturated rings. The lowest BCUT2D eigenvalue weighted by Crippen LogP contribution is -2.42. The number of nitrogens with zero attached hydrogens (tertiary/aromatic N) is 3. The van der Waals surface area contributed by atoms with Crippen molar-refractivity contribution in [3.63, 3.8) is 0 Å². The van der Waals surface area contributed by atoms with Gasteiger partial charge in [-0.05, 0) is 66.3 Å². The summed E-state index contributed by atoms with van der Waals surface area (Å²) >= 11 is 0. The molecule has 0 radical (unpaired) electrons.